The average Bonchev–Trinajstić information content (AvgIpc) is 2.77. The molecule has 94 valence electrons. The summed E-state index contributed by atoms with van der Waals surface area (Å²) in [5.74, 6) is 0.826. The van der Waals surface area contributed by atoms with Gasteiger partial charge in [0.2, 0.25) is 0 Å². The molecule has 0 aliphatic carbocycles. The van der Waals surface area contributed by atoms with Crippen LogP contribution in [0.5, 0.6) is 0 Å². The number of rotatable bonds is 5. The highest BCUT2D eigenvalue weighted by Gasteiger charge is 2.12. The standard InChI is InChI=1S/C14H17N3O/c1-3-8-17-9-7-15-14(17)10-13(18)12-6-4-5-11(2)16-12/h4-7,9H,3,8,10H2,1-2H3. The van der Waals surface area contributed by atoms with Gasteiger partial charge >= 0.3 is 0 Å². The fourth-order valence-corrected chi connectivity index (χ4v) is 1.88. The van der Waals surface area contributed by atoms with Crippen LogP contribution in [0.4, 0.5) is 0 Å². The number of aromatic nitrogens is 3. The Morgan fingerprint density at radius 3 is 2.94 bits per heavy atom. The molecule has 0 fully saturated rings. The zero-order valence-electron chi connectivity index (χ0n) is 10.8. The molecule has 0 aromatic carbocycles. The Kier molecular flexibility index (Phi) is 3.87. The molecule has 4 heteroatoms. The number of ketones is 1. The molecule has 0 spiro atoms. The maximum absolute atomic E-state index is 12.1. The minimum Gasteiger partial charge on any atom is -0.335 e. The zero-order valence-corrected chi connectivity index (χ0v) is 10.8. The fraction of sp³-hybridized carbons (Fsp3) is 0.357. The van der Waals surface area contributed by atoms with Gasteiger partial charge in [-0.15, -0.1) is 0 Å². The van der Waals surface area contributed by atoms with Crippen LogP contribution in [0.3, 0.4) is 0 Å². The molecule has 0 aliphatic heterocycles. The van der Waals surface area contributed by atoms with E-state index in [2.05, 4.69) is 16.9 Å². The van der Waals surface area contributed by atoms with Crippen molar-refractivity contribution in [1.29, 1.82) is 0 Å². The third-order valence-corrected chi connectivity index (χ3v) is 2.76. The van der Waals surface area contributed by atoms with Crippen LogP contribution < -0.4 is 0 Å². The van der Waals surface area contributed by atoms with Crippen molar-refractivity contribution in [3.8, 4) is 0 Å². The van der Waals surface area contributed by atoms with Crippen LogP contribution in [-0.4, -0.2) is 20.3 Å². The van der Waals surface area contributed by atoms with E-state index in [1.807, 2.05) is 29.8 Å². The predicted molar refractivity (Wildman–Crippen MR) is 69.5 cm³/mol. The number of carbonyl (C=O) groups is 1. The van der Waals surface area contributed by atoms with E-state index in [4.69, 9.17) is 0 Å². The summed E-state index contributed by atoms with van der Waals surface area (Å²) in [4.78, 5) is 20.6. The molecule has 2 aromatic rings. The quantitative estimate of drug-likeness (QED) is 0.758. The third kappa shape index (κ3) is 2.83. The summed E-state index contributed by atoms with van der Waals surface area (Å²) >= 11 is 0. The molecule has 0 radical (unpaired) electrons. The molecule has 18 heavy (non-hydrogen) atoms. The molecule has 0 bridgehead atoms. The van der Waals surface area contributed by atoms with Crippen molar-refractivity contribution in [2.24, 2.45) is 0 Å². The lowest BCUT2D eigenvalue weighted by Gasteiger charge is -2.05. The first-order valence-electron chi connectivity index (χ1n) is 6.17. The van der Waals surface area contributed by atoms with E-state index < -0.39 is 0 Å². The second kappa shape index (κ2) is 5.58. The molecule has 2 aromatic heterocycles. The molecule has 2 rings (SSSR count). The van der Waals surface area contributed by atoms with Gasteiger partial charge in [0.25, 0.3) is 0 Å². The van der Waals surface area contributed by atoms with Crippen molar-refractivity contribution in [3.63, 3.8) is 0 Å². The highest BCUT2D eigenvalue weighted by atomic mass is 16.1. The maximum Gasteiger partial charge on any atom is 0.188 e. The van der Waals surface area contributed by atoms with Crippen molar-refractivity contribution in [2.75, 3.05) is 0 Å². The second-order valence-electron chi connectivity index (χ2n) is 4.30. The van der Waals surface area contributed by atoms with Gasteiger partial charge in [-0.3, -0.25) is 9.78 Å². The van der Waals surface area contributed by atoms with Crippen LogP contribution in [0.2, 0.25) is 0 Å². The van der Waals surface area contributed by atoms with Crippen molar-refractivity contribution in [2.45, 2.75) is 33.2 Å². The number of nitrogens with zero attached hydrogens (tertiary/aromatic N) is 3. The summed E-state index contributed by atoms with van der Waals surface area (Å²) in [6.07, 6.45) is 4.99. The second-order valence-corrected chi connectivity index (χ2v) is 4.30. The first-order chi connectivity index (χ1) is 8.70. The van der Waals surface area contributed by atoms with Gasteiger partial charge in [0, 0.05) is 24.6 Å². The molecule has 4 nitrogen and oxygen atoms in total. The number of Topliss-reactive ketones (excluding diaryl/α,β-unsaturated/α-hetero) is 1. The van der Waals surface area contributed by atoms with Gasteiger partial charge in [-0.05, 0) is 25.5 Å². The van der Waals surface area contributed by atoms with E-state index in [1.54, 1.807) is 12.3 Å². The normalized spacial score (nSPS) is 10.6. The Hall–Kier alpha value is -1.97. The summed E-state index contributed by atoms with van der Waals surface area (Å²) in [6.45, 7) is 4.88. The van der Waals surface area contributed by atoms with Crippen LogP contribution >= 0.6 is 0 Å². The molecular weight excluding hydrogens is 226 g/mol. The van der Waals surface area contributed by atoms with Gasteiger partial charge in [0.15, 0.2) is 5.78 Å². The summed E-state index contributed by atoms with van der Waals surface area (Å²) in [7, 11) is 0. The van der Waals surface area contributed by atoms with E-state index in [0.717, 1.165) is 24.5 Å². The van der Waals surface area contributed by atoms with E-state index >= 15 is 0 Å². The number of carbonyl (C=O) groups excluding carboxylic acids is 1. The minimum absolute atomic E-state index is 0.0160. The molecule has 0 atom stereocenters. The first-order valence-corrected chi connectivity index (χ1v) is 6.17. The summed E-state index contributed by atoms with van der Waals surface area (Å²) in [6, 6.07) is 5.49. The average molecular weight is 243 g/mol. The van der Waals surface area contributed by atoms with Gasteiger partial charge in [0.05, 0.1) is 6.42 Å². The van der Waals surface area contributed by atoms with Crippen LogP contribution in [0.1, 0.15) is 35.4 Å². The lowest BCUT2D eigenvalue weighted by Crippen LogP contribution is -2.11. The number of hydrogen-bond acceptors (Lipinski definition) is 3. The molecule has 0 unspecified atom stereocenters. The largest absolute Gasteiger partial charge is 0.335 e. The number of aryl methyl sites for hydroxylation is 2. The summed E-state index contributed by atoms with van der Waals surface area (Å²) in [5.41, 5.74) is 1.37. The van der Waals surface area contributed by atoms with Crippen LogP contribution in [-0.2, 0) is 13.0 Å². The zero-order chi connectivity index (χ0) is 13.0. The Balaban J connectivity index is 2.14. The Bertz CT molecular complexity index is 545. The molecule has 2 heterocycles. The third-order valence-electron chi connectivity index (χ3n) is 2.76. The topological polar surface area (TPSA) is 47.8 Å². The van der Waals surface area contributed by atoms with Crippen LogP contribution in [0, 0.1) is 6.92 Å². The van der Waals surface area contributed by atoms with Gasteiger partial charge in [-0.25, -0.2) is 4.98 Å². The Labute approximate surface area is 107 Å². The van der Waals surface area contributed by atoms with Gasteiger partial charge < -0.3 is 4.57 Å². The van der Waals surface area contributed by atoms with Crippen LogP contribution in [0.15, 0.2) is 30.6 Å². The van der Waals surface area contributed by atoms with E-state index in [9.17, 15) is 4.79 Å². The monoisotopic (exact) mass is 243 g/mol. The van der Waals surface area contributed by atoms with Crippen molar-refractivity contribution >= 4 is 5.78 Å². The van der Waals surface area contributed by atoms with Crippen molar-refractivity contribution < 1.29 is 4.79 Å². The van der Waals surface area contributed by atoms with Gasteiger partial charge in [0.1, 0.15) is 11.5 Å². The van der Waals surface area contributed by atoms with Crippen molar-refractivity contribution in [1.82, 2.24) is 14.5 Å². The number of hydrogen-bond donors (Lipinski definition) is 0. The fourth-order valence-electron chi connectivity index (χ4n) is 1.88. The number of imidazole rings is 1. The SMILES string of the molecule is CCCn1ccnc1CC(=O)c1cccc(C)n1. The maximum atomic E-state index is 12.1. The molecular formula is C14H17N3O. The minimum atomic E-state index is 0.0160. The molecule has 0 amide bonds. The van der Waals surface area contributed by atoms with Gasteiger partial charge in [-0.1, -0.05) is 13.0 Å². The summed E-state index contributed by atoms with van der Waals surface area (Å²) in [5, 5.41) is 0. The van der Waals surface area contributed by atoms with E-state index in [0.29, 0.717) is 12.1 Å². The predicted octanol–water partition coefficient (Wildman–Crippen LogP) is 2.42. The van der Waals surface area contributed by atoms with Gasteiger partial charge in [-0.2, -0.15) is 0 Å². The highest BCUT2D eigenvalue weighted by molar-refractivity contribution is 5.95. The van der Waals surface area contributed by atoms with Crippen LogP contribution in [0.25, 0.3) is 0 Å². The Morgan fingerprint density at radius 2 is 2.22 bits per heavy atom. The Morgan fingerprint density at radius 1 is 1.39 bits per heavy atom. The molecule has 0 N–H and O–H groups in total. The molecule has 0 saturated heterocycles. The molecule has 0 aliphatic rings. The van der Waals surface area contributed by atoms with E-state index in [-0.39, 0.29) is 5.78 Å². The van der Waals surface area contributed by atoms with Crippen molar-refractivity contribution in [3.05, 3.63) is 47.8 Å². The van der Waals surface area contributed by atoms with E-state index in [1.165, 1.54) is 0 Å². The highest BCUT2D eigenvalue weighted by Crippen LogP contribution is 2.06. The first kappa shape index (κ1) is 12.5. The lowest BCUT2D eigenvalue weighted by molar-refractivity contribution is 0.0984. The lowest BCUT2D eigenvalue weighted by atomic mass is 10.2. The molecule has 0 saturated carbocycles. The smallest absolute Gasteiger partial charge is 0.188 e. The summed E-state index contributed by atoms with van der Waals surface area (Å²) < 4.78 is 2.02. The number of pyridine rings is 1.